The molecule has 1 aromatic rings. The van der Waals surface area contributed by atoms with Gasteiger partial charge in [-0.15, -0.1) is 0 Å². The first-order chi connectivity index (χ1) is 10.6. The van der Waals surface area contributed by atoms with Crippen LogP contribution in [0.2, 0.25) is 0 Å². The summed E-state index contributed by atoms with van der Waals surface area (Å²) >= 11 is 0. The van der Waals surface area contributed by atoms with Crippen LogP contribution < -0.4 is 0 Å². The lowest BCUT2D eigenvalue weighted by Crippen LogP contribution is -2.43. The van der Waals surface area contributed by atoms with Gasteiger partial charge in [-0.05, 0) is 56.3 Å². The maximum atomic E-state index is 12.3. The van der Waals surface area contributed by atoms with Crippen LogP contribution in [-0.2, 0) is 20.7 Å². The number of nitrogens with zero attached hydrogens (tertiary/aromatic N) is 1. The molecule has 2 aliphatic heterocycles. The number of hydrogen-bond donors (Lipinski definition) is 0. The van der Waals surface area contributed by atoms with Gasteiger partial charge in [0.1, 0.15) is 5.75 Å². The summed E-state index contributed by atoms with van der Waals surface area (Å²) in [5.74, 6) is 0.727. The van der Waals surface area contributed by atoms with Gasteiger partial charge in [-0.25, -0.2) is 0 Å². The van der Waals surface area contributed by atoms with E-state index in [1.54, 1.807) is 0 Å². The Balaban J connectivity index is 1.85. The van der Waals surface area contributed by atoms with Gasteiger partial charge in [-0.3, -0.25) is 4.90 Å². The Morgan fingerprint density at radius 3 is 2.64 bits per heavy atom. The Bertz CT molecular complexity index is 717. The van der Waals surface area contributed by atoms with Crippen molar-refractivity contribution in [2.45, 2.75) is 38.1 Å². The molecule has 1 unspecified atom stereocenters. The molecule has 0 N–H and O–H groups in total. The molecule has 4 rings (SSSR count). The average molecular weight is 319 g/mol. The van der Waals surface area contributed by atoms with Crippen LogP contribution in [0.1, 0.15) is 36.8 Å². The second kappa shape index (κ2) is 5.39. The molecule has 1 fully saturated rings. The largest absolute Gasteiger partial charge is 0.382 e. The van der Waals surface area contributed by atoms with E-state index < -0.39 is 10.1 Å². The molecule has 0 saturated carbocycles. The lowest BCUT2D eigenvalue weighted by Gasteiger charge is -2.34. The van der Waals surface area contributed by atoms with Crippen LogP contribution >= 0.6 is 0 Å². The molecule has 1 aromatic carbocycles. The van der Waals surface area contributed by atoms with E-state index in [0.717, 1.165) is 50.8 Å². The lowest BCUT2D eigenvalue weighted by atomic mass is 9.99. The van der Waals surface area contributed by atoms with Crippen molar-refractivity contribution >= 4 is 15.9 Å². The van der Waals surface area contributed by atoms with Crippen molar-refractivity contribution in [1.29, 1.82) is 0 Å². The molecule has 1 atom stereocenters. The SMILES string of the molecule is O=S1(=O)CC(N2CCCC2)C2=C(O1)c1ccccc1CCC2. The van der Waals surface area contributed by atoms with Gasteiger partial charge < -0.3 is 4.18 Å². The molecule has 0 bridgehead atoms. The highest BCUT2D eigenvalue weighted by Gasteiger charge is 2.39. The first-order valence-corrected chi connectivity index (χ1v) is 9.69. The third-order valence-electron chi connectivity index (χ3n) is 5.00. The van der Waals surface area contributed by atoms with Gasteiger partial charge in [0.05, 0.1) is 6.04 Å². The first kappa shape index (κ1) is 14.3. The maximum absolute atomic E-state index is 12.3. The van der Waals surface area contributed by atoms with Gasteiger partial charge in [0.2, 0.25) is 0 Å². The van der Waals surface area contributed by atoms with Gasteiger partial charge in [-0.2, -0.15) is 8.42 Å². The lowest BCUT2D eigenvalue weighted by molar-refractivity contribution is 0.272. The molecule has 4 nitrogen and oxygen atoms in total. The average Bonchev–Trinajstić information content (AvgIpc) is 2.96. The topological polar surface area (TPSA) is 46.6 Å². The fourth-order valence-electron chi connectivity index (χ4n) is 3.97. The fourth-order valence-corrected chi connectivity index (χ4v) is 5.28. The van der Waals surface area contributed by atoms with Crippen molar-refractivity contribution in [1.82, 2.24) is 4.90 Å². The van der Waals surface area contributed by atoms with Crippen LogP contribution in [-0.4, -0.2) is 38.2 Å². The number of likely N-dealkylation sites (tertiary alicyclic amines) is 1. The summed E-state index contributed by atoms with van der Waals surface area (Å²) < 4.78 is 30.1. The van der Waals surface area contributed by atoms with E-state index in [1.807, 2.05) is 18.2 Å². The maximum Gasteiger partial charge on any atom is 0.311 e. The molecule has 118 valence electrons. The van der Waals surface area contributed by atoms with Crippen molar-refractivity contribution in [2.24, 2.45) is 0 Å². The quantitative estimate of drug-likeness (QED) is 0.746. The molecule has 0 spiro atoms. The number of aryl methyl sites for hydroxylation is 1. The van der Waals surface area contributed by atoms with E-state index >= 15 is 0 Å². The highest BCUT2D eigenvalue weighted by molar-refractivity contribution is 7.87. The second-order valence-electron chi connectivity index (χ2n) is 6.43. The Kier molecular flexibility index (Phi) is 3.50. The summed E-state index contributed by atoms with van der Waals surface area (Å²) in [5, 5.41) is 0. The van der Waals surface area contributed by atoms with Crippen LogP contribution in [0, 0.1) is 0 Å². The van der Waals surface area contributed by atoms with Crippen molar-refractivity contribution in [3.8, 4) is 0 Å². The van der Waals surface area contributed by atoms with E-state index in [2.05, 4.69) is 11.0 Å². The predicted molar refractivity (Wildman–Crippen MR) is 85.8 cm³/mol. The molecule has 2 heterocycles. The van der Waals surface area contributed by atoms with Crippen LogP contribution in [0.25, 0.3) is 5.76 Å². The summed E-state index contributed by atoms with van der Waals surface area (Å²) in [6, 6.07) is 8.06. The molecule has 22 heavy (non-hydrogen) atoms. The zero-order valence-corrected chi connectivity index (χ0v) is 13.4. The normalized spacial score (nSPS) is 27.7. The zero-order valence-electron chi connectivity index (χ0n) is 12.6. The Hall–Kier alpha value is -1.33. The Morgan fingerprint density at radius 1 is 1.05 bits per heavy atom. The van der Waals surface area contributed by atoms with Gasteiger partial charge in [0.15, 0.2) is 5.76 Å². The van der Waals surface area contributed by atoms with Gasteiger partial charge >= 0.3 is 10.1 Å². The van der Waals surface area contributed by atoms with Crippen LogP contribution in [0.15, 0.2) is 29.8 Å². The van der Waals surface area contributed by atoms with Crippen LogP contribution in [0.4, 0.5) is 0 Å². The highest BCUT2D eigenvalue weighted by Crippen LogP contribution is 2.39. The highest BCUT2D eigenvalue weighted by atomic mass is 32.2. The predicted octanol–water partition coefficient (Wildman–Crippen LogP) is 2.56. The minimum absolute atomic E-state index is 0.00223. The summed E-state index contributed by atoms with van der Waals surface area (Å²) in [6.45, 7) is 2.00. The molecular weight excluding hydrogens is 298 g/mol. The number of fused-ring (bicyclic) bond motifs is 2. The van der Waals surface area contributed by atoms with Gasteiger partial charge in [0, 0.05) is 5.56 Å². The van der Waals surface area contributed by atoms with Crippen molar-refractivity contribution in [2.75, 3.05) is 18.8 Å². The van der Waals surface area contributed by atoms with Gasteiger partial charge in [-0.1, -0.05) is 24.3 Å². The summed E-state index contributed by atoms with van der Waals surface area (Å²) in [6.07, 6.45) is 5.30. The molecule has 1 saturated heterocycles. The van der Waals surface area contributed by atoms with E-state index in [0.29, 0.717) is 5.76 Å². The third-order valence-corrected chi connectivity index (χ3v) is 6.15. The molecule has 0 aromatic heterocycles. The molecular formula is C17H21NO3S. The molecule has 5 heteroatoms. The molecule has 1 aliphatic carbocycles. The number of hydrogen-bond acceptors (Lipinski definition) is 4. The first-order valence-electron chi connectivity index (χ1n) is 8.11. The molecule has 3 aliphatic rings. The van der Waals surface area contributed by atoms with Crippen molar-refractivity contribution < 1.29 is 12.6 Å². The van der Waals surface area contributed by atoms with Crippen LogP contribution in [0.3, 0.4) is 0 Å². The minimum atomic E-state index is -3.50. The summed E-state index contributed by atoms with van der Waals surface area (Å²) in [7, 11) is -3.50. The van der Waals surface area contributed by atoms with E-state index in [1.165, 1.54) is 11.1 Å². The molecule has 0 amide bonds. The zero-order chi connectivity index (χ0) is 15.2. The van der Waals surface area contributed by atoms with E-state index in [-0.39, 0.29) is 11.8 Å². The molecule has 0 radical (unpaired) electrons. The summed E-state index contributed by atoms with van der Waals surface area (Å²) in [4.78, 5) is 2.34. The smallest absolute Gasteiger partial charge is 0.311 e. The second-order valence-corrected chi connectivity index (χ2v) is 8.05. The van der Waals surface area contributed by atoms with Gasteiger partial charge in [0.25, 0.3) is 0 Å². The Morgan fingerprint density at radius 2 is 1.82 bits per heavy atom. The number of rotatable bonds is 1. The standard InChI is InChI=1S/C17H21NO3S/c19-22(20)12-16(18-10-3-4-11-18)15-9-5-7-13-6-1-2-8-14(13)17(15)21-22/h1-2,6,8,16H,3-5,7,9-12H2. The minimum Gasteiger partial charge on any atom is -0.382 e. The van der Waals surface area contributed by atoms with E-state index in [9.17, 15) is 8.42 Å². The van der Waals surface area contributed by atoms with E-state index in [4.69, 9.17) is 4.18 Å². The van der Waals surface area contributed by atoms with Crippen molar-refractivity contribution in [3.63, 3.8) is 0 Å². The summed E-state index contributed by atoms with van der Waals surface area (Å²) in [5.41, 5.74) is 3.37. The Labute approximate surface area is 131 Å². The number of benzene rings is 1. The van der Waals surface area contributed by atoms with Crippen LogP contribution in [0.5, 0.6) is 0 Å². The fraction of sp³-hybridized carbons (Fsp3) is 0.529. The monoisotopic (exact) mass is 319 g/mol. The third kappa shape index (κ3) is 2.46. The van der Waals surface area contributed by atoms with Crippen molar-refractivity contribution in [3.05, 3.63) is 41.0 Å².